The lowest BCUT2D eigenvalue weighted by Gasteiger charge is -2.28. The number of alkyl carbamates (subject to hydrolysis) is 1. The SMILES string of the molecule is CC(C)C[C@H](NC(=O)OC(C)(C)C)C(=O)N[C@H]1CSC1=O. The molecule has 1 aliphatic rings. The van der Waals surface area contributed by atoms with Crippen LogP contribution >= 0.6 is 11.8 Å². The molecule has 2 atom stereocenters. The molecule has 1 heterocycles. The van der Waals surface area contributed by atoms with Gasteiger partial charge < -0.3 is 15.4 Å². The zero-order valence-corrected chi connectivity index (χ0v) is 14.0. The van der Waals surface area contributed by atoms with E-state index < -0.39 is 23.8 Å². The fourth-order valence-electron chi connectivity index (χ4n) is 1.76. The van der Waals surface area contributed by atoms with Crippen molar-refractivity contribution in [2.24, 2.45) is 5.92 Å². The van der Waals surface area contributed by atoms with Gasteiger partial charge in [-0.15, -0.1) is 0 Å². The number of carbonyl (C=O) groups is 3. The van der Waals surface area contributed by atoms with E-state index in [2.05, 4.69) is 10.6 Å². The molecule has 0 aliphatic carbocycles. The summed E-state index contributed by atoms with van der Waals surface area (Å²) in [7, 11) is 0. The Labute approximate surface area is 129 Å². The van der Waals surface area contributed by atoms with Crippen LogP contribution in [0.5, 0.6) is 0 Å². The zero-order chi connectivity index (χ0) is 16.2. The van der Waals surface area contributed by atoms with Crippen LogP contribution in [0.4, 0.5) is 4.79 Å². The van der Waals surface area contributed by atoms with E-state index in [9.17, 15) is 14.4 Å². The Morgan fingerprint density at radius 1 is 1.38 bits per heavy atom. The summed E-state index contributed by atoms with van der Waals surface area (Å²) in [6.45, 7) is 9.19. The highest BCUT2D eigenvalue weighted by atomic mass is 32.2. The first-order chi connectivity index (χ1) is 9.58. The van der Waals surface area contributed by atoms with Crippen LogP contribution in [0.1, 0.15) is 41.0 Å². The Hall–Kier alpha value is -1.24. The minimum atomic E-state index is -0.696. The van der Waals surface area contributed by atoms with E-state index in [1.165, 1.54) is 11.8 Å². The molecule has 6 nitrogen and oxygen atoms in total. The number of ether oxygens (including phenoxy) is 1. The molecule has 0 radical (unpaired) electrons. The summed E-state index contributed by atoms with van der Waals surface area (Å²) in [5.74, 6) is 0.473. The molecule has 1 fully saturated rings. The molecular weight excluding hydrogens is 292 g/mol. The molecule has 0 unspecified atom stereocenters. The number of rotatable bonds is 5. The Bertz CT molecular complexity index is 418. The Kier molecular flexibility index (Phi) is 6.07. The largest absolute Gasteiger partial charge is 0.444 e. The Balaban J connectivity index is 2.59. The molecule has 7 heteroatoms. The standard InChI is InChI=1S/C14H24N2O4S/c1-8(2)6-9(16-13(19)20-14(3,4)5)11(17)15-10-7-21-12(10)18/h8-10H,6-7H2,1-5H3,(H,15,17)(H,16,19)/t9-,10-/m0/s1. The van der Waals surface area contributed by atoms with Crippen molar-refractivity contribution in [3.63, 3.8) is 0 Å². The van der Waals surface area contributed by atoms with Crippen molar-refractivity contribution in [2.45, 2.75) is 58.7 Å². The lowest BCUT2D eigenvalue weighted by Crippen LogP contribution is -2.55. The van der Waals surface area contributed by atoms with E-state index in [-0.39, 0.29) is 16.9 Å². The monoisotopic (exact) mass is 316 g/mol. The van der Waals surface area contributed by atoms with Crippen molar-refractivity contribution in [3.8, 4) is 0 Å². The molecule has 120 valence electrons. The highest BCUT2D eigenvalue weighted by Crippen LogP contribution is 2.20. The molecular formula is C14H24N2O4S. The van der Waals surface area contributed by atoms with Crippen molar-refractivity contribution in [1.29, 1.82) is 0 Å². The first-order valence-corrected chi connectivity index (χ1v) is 8.03. The number of hydrogen-bond donors (Lipinski definition) is 2. The van der Waals surface area contributed by atoms with Crippen LogP contribution in [0, 0.1) is 5.92 Å². The first-order valence-electron chi connectivity index (χ1n) is 7.05. The normalized spacial score (nSPS) is 19.7. The van der Waals surface area contributed by atoms with E-state index in [1.54, 1.807) is 20.8 Å². The lowest BCUT2D eigenvalue weighted by molar-refractivity contribution is -0.126. The third-order valence-electron chi connectivity index (χ3n) is 2.71. The summed E-state index contributed by atoms with van der Waals surface area (Å²) in [6, 6.07) is -1.13. The van der Waals surface area contributed by atoms with Gasteiger partial charge in [0, 0.05) is 5.75 Å². The van der Waals surface area contributed by atoms with Crippen LogP contribution in [0.15, 0.2) is 0 Å². The van der Waals surface area contributed by atoms with Crippen LogP contribution in [-0.2, 0) is 14.3 Å². The van der Waals surface area contributed by atoms with Gasteiger partial charge in [-0.3, -0.25) is 9.59 Å². The summed E-state index contributed by atoms with van der Waals surface area (Å²) in [4.78, 5) is 35.2. The Morgan fingerprint density at radius 2 is 2.00 bits per heavy atom. The van der Waals surface area contributed by atoms with Crippen molar-refractivity contribution in [2.75, 3.05) is 5.75 Å². The quantitative estimate of drug-likeness (QED) is 0.806. The second-order valence-corrected chi connectivity index (χ2v) is 7.54. The van der Waals surface area contributed by atoms with E-state index >= 15 is 0 Å². The molecule has 0 bridgehead atoms. The topological polar surface area (TPSA) is 84.5 Å². The first kappa shape index (κ1) is 17.8. The summed E-state index contributed by atoms with van der Waals surface area (Å²) in [5.41, 5.74) is -0.622. The van der Waals surface area contributed by atoms with E-state index in [1.807, 2.05) is 13.8 Å². The molecule has 0 aromatic carbocycles. The maximum absolute atomic E-state index is 12.2. The summed E-state index contributed by atoms with van der Waals surface area (Å²) in [5, 5.41) is 5.20. The predicted octanol–water partition coefficient (Wildman–Crippen LogP) is 1.68. The van der Waals surface area contributed by atoms with Crippen molar-refractivity contribution >= 4 is 28.9 Å². The van der Waals surface area contributed by atoms with Crippen molar-refractivity contribution < 1.29 is 19.1 Å². The van der Waals surface area contributed by atoms with Crippen LogP contribution in [0.25, 0.3) is 0 Å². The van der Waals surface area contributed by atoms with Crippen molar-refractivity contribution in [3.05, 3.63) is 0 Å². The lowest BCUT2D eigenvalue weighted by atomic mass is 10.0. The predicted molar refractivity (Wildman–Crippen MR) is 82.0 cm³/mol. The molecule has 2 N–H and O–H groups in total. The van der Waals surface area contributed by atoms with Gasteiger partial charge in [0.05, 0.1) is 0 Å². The number of thioether (sulfide) groups is 1. The molecule has 0 aromatic rings. The van der Waals surface area contributed by atoms with E-state index in [0.717, 1.165) is 0 Å². The fraction of sp³-hybridized carbons (Fsp3) is 0.786. The number of carbonyl (C=O) groups excluding carboxylic acids is 3. The minimum absolute atomic E-state index is 0.0380. The van der Waals surface area contributed by atoms with Crippen LogP contribution in [0.2, 0.25) is 0 Å². The molecule has 0 saturated carbocycles. The van der Waals surface area contributed by atoms with Crippen LogP contribution in [-0.4, -0.2) is 40.6 Å². The number of nitrogens with one attached hydrogen (secondary N) is 2. The number of amides is 2. The molecule has 1 aliphatic heterocycles. The summed E-state index contributed by atoms with van der Waals surface area (Å²) < 4.78 is 5.17. The fourth-order valence-corrected chi connectivity index (χ4v) is 2.37. The highest BCUT2D eigenvalue weighted by molar-refractivity contribution is 8.16. The second kappa shape index (κ2) is 7.15. The summed E-state index contributed by atoms with van der Waals surface area (Å²) >= 11 is 1.19. The average molecular weight is 316 g/mol. The molecule has 1 saturated heterocycles. The van der Waals surface area contributed by atoms with Gasteiger partial charge in [-0.25, -0.2) is 4.79 Å². The maximum Gasteiger partial charge on any atom is 0.408 e. The molecule has 2 amide bonds. The van der Waals surface area contributed by atoms with Gasteiger partial charge in [-0.1, -0.05) is 25.6 Å². The third-order valence-corrected chi connectivity index (χ3v) is 3.78. The van der Waals surface area contributed by atoms with E-state index in [0.29, 0.717) is 12.2 Å². The van der Waals surface area contributed by atoms with Gasteiger partial charge in [0.25, 0.3) is 0 Å². The van der Waals surface area contributed by atoms with E-state index in [4.69, 9.17) is 4.74 Å². The zero-order valence-electron chi connectivity index (χ0n) is 13.2. The van der Waals surface area contributed by atoms with Gasteiger partial charge in [-0.2, -0.15) is 0 Å². The average Bonchev–Trinajstić information content (AvgIpc) is 2.30. The van der Waals surface area contributed by atoms with Gasteiger partial charge >= 0.3 is 6.09 Å². The number of hydrogen-bond acceptors (Lipinski definition) is 5. The van der Waals surface area contributed by atoms with Gasteiger partial charge in [0.1, 0.15) is 17.7 Å². The van der Waals surface area contributed by atoms with Crippen LogP contribution < -0.4 is 10.6 Å². The highest BCUT2D eigenvalue weighted by Gasteiger charge is 2.33. The Morgan fingerprint density at radius 3 is 2.38 bits per heavy atom. The third kappa shape index (κ3) is 6.37. The van der Waals surface area contributed by atoms with Crippen molar-refractivity contribution in [1.82, 2.24) is 10.6 Å². The van der Waals surface area contributed by atoms with Crippen LogP contribution in [0.3, 0.4) is 0 Å². The molecule has 0 aromatic heterocycles. The molecule has 1 rings (SSSR count). The van der Waals surface area contributed by atoms with Gasteiger partial charge in [0.15, 0.2) is 0 Å². The molecule has 0 spiro atoms. The second-order valence-electron chi connectivity index (χ2n) is 6.52. The maximum atomic E-state index is 12.2. The van der Waals surface area contributed by atoms with Gasteiger partial charge in [0.2, 0.25) is 11.0 Å². The smallest absolute Gasteiger partial charge is 0.408 e. The summed E-state index contributed by atoms with van der Waals surface area (Å²) in [6.07, 6.45) is -0.142. The molecule has 21 heavy (non-hydrogen) atoms. The van der Waals surface area contributed by atoms with Gasteiger partial charge in [-0.05, 0) is 33.1 Å². The minimum Gasteiger partial charge on any atom is -0.444 e.